The first kappa shape index (κ1) is 15.7. The molecule has 0 aliphatic carbocycles. The lowest BCUT2D eigenvalue weighted by Crippen LogP contribution is -2.52. The number of carbonyl (C=O) groups excluding carboxylic acids is 2. The average molecular weight is 278 g/mol. The molecule has 0 saturated carbocycles. The zero-order valence-electron chi connectivity index (χ0n) is 11.4. The van der Waals surface area contributed by atoms with Gasteiger partial charge in [-0.3, -0.25) is 4.79 Å². The van der Waals surface area contributed by atoms with Crippen LogP contribution >= 0.6 is 0 Å². The molecule has 19 heavy (non-hydrogen) atoms. The van der Waals surface area contributed by atoms with Crippen LogP contribution in [0.25, 0.3) is 0 Å². The summed E-state index contributed by atoms with van der Waals surface area (Å²) in [5, 5.41) is 0. The number of likely N-dealkylation sites (tertiary alicyclic amines) is 1. The number of piperidine rings is 1. The highest BCUT2D eigenvalue weighted by Crippen LogP contribution is 2.35. The van der Waals surface area contributed by atoms with E-state index in [0.717, 1.165) is 4.90 Å². The Kier molecular flexibility index (Phi) is 4.37. The average Bonchev–Trinajstić information content (AvgIpc) is 2.17. The minimum absolute atomic E-state index is 0.0369. The molecular weight excluding hydrogens is 258 g/mol. The largest absolute Gasteiger partial charge is 0.444 e. The lowest BCUT2D eigenvalue weighted by atomic mass is 9.90. The van der Waals surface area contributed by atoms with Crippen LogP contribution in [0.15, 0.2) is 0 Å². The minimum Gasteiger partial charge on any atom is -0.444 e. The van der Waals surface area contributed by atoms with E-state index in [4.69, 9.17) is 10.5 Å². The second-order valence-corrected chi connectivity index (χ2v) is 5.82. The topological polar surface area (TPSA) is 72.6 Å². The molecule has 1 atom stereocenters. The van der Waals surface area contributed by atoms with Crippen molar-refractivity contribution in [1.82, 2.24) is 4.90 Å². The zero-order valence-corrected chi connectivity index (χ0v) is 11.4. The number of halogens is 2. The summed E-state index contributed by atoms with van der Waals surface area (Å²) in [5.74, 6) is -4.98. The Morgan fingerprint density at radius 3 is 2.42 bits per heavy atom. The molecule has 2 N–H and O–H groups in total. The van der Waals surface area contributed by atoms with Gasteiger partial charge in [0, 0.05) is 18.9 Å². The third-order valence-electron chi connectivity index (χ3n) is 2.85. The van der Waals surface area contributed by atoms with Crippen LogP contribution in [0.3, 0.4) is 0 Å². The van der Waals surface area contributed by atoms with Crippen LogP contribution in [0.2, 0.25) is 0 Å². The van der Waals surface area contributed by atoms with Gasteiger partial charge in [0.25, 0.3) is 5.92 Å². The van der Waals surface area contributed by atoms with Gasteiger partial charge in [0.2, 0.25) is 5.91 Å². The highest BCUT2D eigenvalue weighted by Gasteiger charge is 2.46. The van der Waals surface area contributed by atoms with E-state index in [9.17, 15) is 18.4 Å². The van der Waals surface area contributed by atoms with Crippen molar-refractivity contribution in [2.24, 2.45) is 11.7 Å². The Morgan fingerprint density at radius 1 is 1.42 bits per heavy atom. The first-order valence-corrected chi connectivity index (χ1v) is 6.15. The third kappa shape index (κ3) is 4.65. The monoisotopic (exact) mass is 278 g/mol. The van der Waals surface area contributed by atoms with Gasteiger partial charge in [-0.15, -0.1) is 0 Å². The number of alkyl halides is 2. The van der Waals surface area contributed by atoms with Crippen LogP contribution in [0.4, 0.5) is 13.6 Å². The maximum atomic E-state index is 13.8. The summed E-state index contributed by atoms with van der Waals surface area (Å²) in [4.78, 5) is 23.4. The summed E-state index contributed by atoms with van der Waals surface area (Å²) in [6.07, 6.45) is -1.09. The number of hydrogen-bond donors (Lipinski definition) is 1. The van der Waals surface area contributed by atoms with Crippen LogP contribution in [-0.4, -0.2) is 41.5 Å². The summed E-state index contributed by atoms with van der Waals surface area (Å²) in [7, 11) is 0. The van der Waals surface area contributed by atoms with Crippen molar-refractivity contribution in [3.8, 4) is 0 Å². The summed E-state index contributed by atoms with van der Waals surface area (Å²) in [6.45, 7) is 4.41. The number of rotatable bonds is 2. The van der Waals surface area contributed by atoms with Gasteiger partial charge in [-0.1, -0.05) is 0 Å². The van der Waals surface area contributed by atoms with Gasteiger partial charge in [0.15, 0.2) is 0 Å². The summed E-state index contributed by atoms with van der Waals surface area (Å²) in [6, 6.07) is 0. The molecule has 110 valence electrons. The Bertz CT molecular complexity index is 366. The number of nitrogens with two attached hydrogens (primary N) is 1. The van der Waals surface area contributed by atoms with Crippen molar-refractivity contribution >= 4 is 12.0 Å². The van der Waals surface area contributed by atoms with Crippen molar-refractivity contribution in [2.45, 2.75) is 45.1 Å². The number of ether oxygens (including phenoxy) is 1. The lowest BCUT2D eigenvalue weighted by molar-refractivity contribution is -0.133. The molecule has 0 bridgehead atoms. The van der Waals surface area contributed by atoms with Gasteiger partial charge in [-0.2, -0.15) is 0 Å². The fourth-order valence-electron chi connectivity index (χ4n) is 1.96. The highest BCUT2D eigenvalue weighted by molar-refractivity contribution is 5.74. The quantitative estimate of drug-likeness (QED) is 0.836. The van der Waals surface area contributed by atoms with E-state index in [1.165, 1.54) is 0 Å². The van der Waals surface area contributed by atoms with E-state index in [-0.39, 0.29) is 19.4 Å². The smallest absolute Gasteiger partial charge is 0.410 e. The molecular formula is C12H20F2N2O3. The molecule has 0 unspecified atom stereocenters. The van der Waals surface area contributed by atoms with Crippen molar-refractivity contribution in [3.05, 3.63) is 0 Å². The molecule has 1 heterocycles. The van der Waals surface area contributed by atoms with Crippen LogP contribution in [0.5, 0.6) is 0 Å². The molecule has 0 spiro atoms. The van der Waals surface area contributed by atoms with Gasteiger partial charge >= 0.3 is 6.09 Å². The second kappa shape index (κ2) is 5.30. The maximum Gasteiger partial charge on any atom is 0.410 e. The number of amides is 2. The van der Waals surface area contributed by atoms with Crippen LogP contribution < -0.4 is 5.73 Å². The van der Waals surface area contributed by atoms with Gasteiger partial charge in [0.05, 0.1) is 6.54 Å². The molecule has 2 amide bonds. The molecule has 0 aromatic carbocycles. The molecule has 1 aliphatic rings. The summed E-state index contributed by atoms with van der Waals surface area (Å²) in [5.41, 5.74) is 4.22. The second-order valence-electron chi connectivity index (χ2n) is 5.82. The molecule has 0 aromatic heterocycles. The van der Waals surface area contributed by atoms with Crippen molar-refractivity contribution in [3.63, 3.8) is 0 Å². The van der Waals surface area contributed by atoms with Crippen LogP contribution in [0.1, 0.15) is 33.6 Å². The molecule has 0 aromatic rings. The van der Waals surface area contributed by atoms with Gasteiger partial charge < -0.3 is 15.4 Å². The summed E-state index contributed by atoms with van der Waals surface area (Å²) < 4.78 is 32.7. The zero-order chi connectivity index (χ0) is 14.8. The van der Waals surface area contributed by atoms with E-state index in [2.05, 4.69) is 0 Å². The van der Waals surface area contributed by atoms with Crippen molar-refractivity contribution in [1.29, 1.82) is 0 Å². The fourth-order valence-corrected chi connectivity index (χ4v) is 1.96. The first-order chi connectivity index (χ1) is 8.51. The first-order valence-electron chi connectivity index (χ1n) is 6.15. The Labute approximate surface area is 111 Å². The molecule has 1 aliphatic heterocycles. The van der Waals surface area contributed by atoms with Gasteiger partial charge in [-0.05, 0) is 27.2 Å². The number of nitrogens with zero attached hydrogens (tertiary/aromatic N) is 1. The predicted molar refractivity (Wildman–Crippen MR) is 64.7 cm³/mol. The number of hydrogen-bond acceptors (Lipinski definition) is 3. The molecule has 1 saturated heterocycles. The number of primary amides is 1. The summed E-state index contributed by atoms with van der Waals surface area (Å²) >= 11 is 0. The van der Waals surface area contributed by atoms with E-state index < -0.39 is 36.0 Å². The van der Waals surface area contributed by atoms with Gasteiger partial charge in [-0.25, -0.2) is 13.6 Å². The lowest BCUT2D eigenvalue weighted by Gasteiger charge is -2.38. The molecule has 7 heteroatoms. The van der Waals surface area contributed by atoms with E-state index >= 15 is 0 Å². The molecule has 5 nitrogen and oxygen atoms in total. The van der Waals surface area contributed by atoms with Crippen molar-refractivity contribution < 1.29 is 23.1 Å². The van der Waals surface area contributed by atoms with E-state index in [0.29, 0.717) is 0 Å². The fraction of sp³-hybridized carbons (Fsp3) is 0.833. The number of carbonyl (C=O) groups is 2. The van der Waals surface area contributed by atoms with Gasteiger partial charge in [0.1, 0.15) is 5.60 Å². The Morgan fingerprint density at radius 2 is 2.00 bits per heavy atom. The SMILES string of the molecule is CC(C)(C)OC(=O)N1CC[C@@H](CC(N)=O)C(F)(F)C1. The molecule has 1 fully saturated rings. The van der Waals surface area contributed by atoms with Crippen LogP contribution in [-0.2, 0) is 9.53 Å². The minimum atomic E-state index is -3.12. The van der Waals surface area contributed by atoms with Crippen molar-refractivity contribution in [2.75, 3.05) is 13.1 Å². The standard InChI is InChI=1S/C12H20F2N2O3/c1-11(2,3)19-10(18)16-5-4-8(6-9(15)17)12(13,14)7-16/h8H,4-7H2,1-3H3,(H2,15,17)/t8-/m0/s1. The Hall–Kier alpha value is -1.40. The maximum absolute atomic E-state index is 13.8. The van der Waals surface area contributed by atoms with E-state index in [1.54, 1.807) is 20.8 Å². The van der Waals surface area contributed by atoms with Crippen LogP contribution in [0, 0.1) is 5.92 Å². The highest BCUT2D eigenvalue weighted by atomic mass is 19.3. The Balaban J connectivity index is 2.65. The van der Waals surface area contributed by atoms with E-state index in [1.807, 2.05) is 0 Å². The third-order valence-corrected chi connectivity index (χ3v) is 2.85. The molecule has 0 radical (unpaired) electrons. The predicted octanol–water partition coefficient (Wildman–Crippen LogP) is 1.75. The normalized spacial score (nSPS) is 23.0. The molecule has 1 rings (SSSR count).